The van der Waals surface area contributed by atoms with Gasteiger partial charge in [-0.3, -0.25) is 14.9 Å². The monoisotopic (exact) mass is 238 g/mol. The number of esters is 1. The van der Waals surface area contributed by atoms with E-state index < -0.39 is 17.0 Å². The molecular formula is C11H14N2O4. The summed E-state index contributed by atoms with van der Waals surface area (Å²) >= 11 is 0. The molecule has 6 heteroatoms. The van der Waals surface area contributed by atoms with Crippen LogP contribution < -0.4 is 5.73 Å². The van der Waals surface area contributed by atoms with E-state index in [4.69, 9.17) is 10.5 Å². The average molecular weight is 238 g/mol. The summed E-state index contributed by atoms with van der Waals surface area (Å²) in [4.78, 5) is 21.2. The number of benzene rings is 1. The summed E-state index contributed by atoms with van der Waals surface area (Å²) in [6.45, 7) is 3.12. The van der Waals surface area contributed by atoms with Crippen molar-refractivity contribution in [2.75, 3.05) is 0 Å². The maximum absolute atomic E-state index is 10.8. The van der Waals surface area contributed by atoms with Gasteiger partial charge < -0.3 is 10.5 Å². The van der Waals surface area contributed by atoms with Crippen molar-refractivity contribution in [2.45, 2.75) is 26.5 Å². The molecule has 1 aromatic rings. The van der Waals surface area contributed by atoms with E-state index in [1.165, 1.54) is 13.0 Å². The summed E-state index contributed by atoms with van der Waals surface area (Å²) in [6.07, 6.45) is -0.667. The van der Waals surface area contributed by atoms with E-state index in [-0.39, 0.29) is 12.2 Å². The van der Waals surface area contributed by atoms with E-state index in [9.17, 15) is 14.9 Å². The van der Waals surface area contributed by atoms with Crippen LogP contribution in [-0.4, -0.2) is 10.9 Å². The summed E-state index contributed by atoms with van der Waals surface area (Å²) in [5.41, 5.74) is 6.50. The molecule has 1 unspecified atom stereocenters. The SMILES string of the molecule is CC(=O)OC(C)c1cc(CN)ccc1[N+](=O)[O-]. The molecule has 92 valence electrons. The van der Waals surface area contributed by atoms with Crippen molar-refractivity contribution >= 4 is 11.7 Å². The third kappa shape index (κ3) is 3.25. The van der Waals surface area contributed by atoms with Crippen molar-refractivity contribution in [3.63, 3.8) is 0 Å². The number of nitrogens with zero attached hydrogens (tertiary/aromatic N) is 1. The minimum absolute atomic E-state index is 0.0732. The van der Waals surface area contributed by atoms with E-state index in [2.05, 4.69) is 0 Å². The Hall–Kier alpha value is -1.95. The predicted octanol–water partition coefficient (Wildman–Crippen LogP) is 1.68. The van der Waals surface area contributed by atoms with Gasteiger partial charge in [-0.1, -0.05) is 6.07 Å². The van der Waals surface area contributed by atoms with Gasteiger partial charge in [0.25, 0.3) is 5.69 Å². The lowest BCUT2D eigenvalue weighted by atomic mass is 10.0. The highest BCUT2D eigenvalue weighted by atomic mass is 16.6. The molecule has 0 heterocycles. The first-order valence-electron chi connectivity index (χ1n) is 5.10. The topological polar surface area (TPSA) is 95.5 Å². The number of carbonyl (C=O) groups excluding carboxylic acids is 1. The zero-order valence-corrected chi connectivity index (χ0v) is 9.67. The van der Waals surface area contributed by atoms with Gasteiger partial charge in [0.1, 0.15) is 6.10 Å². The van der Waals surface area contributed by atoms with Gasteiger partial charge in [-0.05, 0) is 18.6 Å². The first-order chi connectivity index (χ1) is 7.95. The maximum atomic E-state index is 10.8. The molecule has 0 aliphatic carbocycles. The lowest BCUT2D eigenvalue weighted by Gasteiger charge is -2.13. The Bertz CT molecular complexity index is 445. The van der Waals surface area contributed by atoms with Crippen molar-refractivity contribution in [3.8, 4) is 0 Å². The Morgan fingerprint density at radius 1 is 1.59 bits per heavy atom. The zero-order valence-electron chi connectivity index (χ0n) is 9.67. The number of rotatable bonds is 4. The number of carbonyl (C=O) groups is 1. The number of nitro groups is 1. The molecule has 1 rings (SSSR count). The van der Waals surface area contributed by atoms with Crippen molar-refractivity contribution < 1.29 is 14.5 Å². The number of hydrogen-bond donors (Lipinski definition) is 1. The van der Waals surface area contributed by atoms with Crippen molar-refractivity contribution in [2.24, 2.45) is 5.73 Å². The molecule has 0 fully saturated rings. The van der Waals surface area contributed by atoms with E-state index in [1.54, 1.807) is 19.1 Å². The molecular weight excluding hydrogens is 224 g/mol. The Balaban J connectivity index is 3.16. The molecule has 1 atom stereocenters. The molecule has 0 amide bonds. The highest BCUT2D eigenvalue weighted by Crippen LogP contribution is 2.28. The summed E-state index contributed by atoms with van der Waals surface area (Å²) in [7, 11) is 0. The van der Waals surface area contributed by atoms with Crippen molar-refractivity contribution in [1.82, 2.24) is 0 Å². The highest BCUT2D eigenvalue weighted by Gasteiger charge is 2.21. The molecule has 6 nitrogen and oxygen atoms in total. The van der Waals surface area contributed by atoms with Crippen LogP contribution in [0.25, 0.3) is 0 Å². The van der Waals surface area contributed by atoms with Gasteiger partial charge in [0.2, 0.25) is 0 Å². The Morgan fingerprint density at radius 2 is 2.24 bits per heavy atom. The fraction of sp³-hybridized carbons (Fsp3) is 0.364. The number of nitro benzene ring substituents is 1. The molecule has 0 saturated heterocycles. The molecule has 1 aromatic carbocycles. The Morgan fingerprint density at radius 3 is 2.71 bits per heavy atom. The van der Waals surface area contributed by atoms with Gasteiger partial charge in [-0.2, -0.15) is 0 Å². The molecule has 2 N–H and O–H groups in total. The van der Waals surface area contributed by atoms with Gasteiger partial charge in [0.15, 0.2) is 0 Å². The van der Waals surface area contributed by atoms with E-state index in [0.717, 1.165) is 5.56 Å². The van der Waals surface area contributed by atoms with Crippen LogP contribution in [-0.2, 0) is 16.1 Å². The summed E-state index contributed by atoms with van der Waals surface area (Å²) < 4.78 is 4.94. The second kappa shape index (κ2) is 5.40. The molecule has 17 heavy (non-hydrogen) atoms. The van der Waals surface area contributed by atoms with Gasteiger partial charge in [-0.15, -0.1) is 0 Å². The van der Waals surface area contributed by atoms with Crippen LogP contribution in [0.15, 0.2) is 18.2 Å². The maximum Gasteiger partial charge on any atom is 0.303 e. The quantitative estimate of drug-likeness (QED) is 0.489. The fourth-order valence-corrected chi connectivity index (χ4v) is 1.54. The summed E-state index contributed by atoms with van der Waals surface area (Å²) in [5, 5.41) is 10.8. The molecule has 0 radical (unpaired) electrons. The summed E-state index contributed by atoms with van der Waals surface area (Å²) in [6, 6.07) is 4.55. The van der Waals surface area contributed by atoms with Crippen LogP contribution in [0.1, 0.15) is 31.1 Å². The smallest absolute Gasteiger partial charge is 0.303 e. The second-order valence-electron chi connectivity index (χ2n) is 3.61. The first kappa shape index (κ1) is 13.1. The fourth-order valence-electron chi connectivity index (χ4n) is 1.54. The average Bonchev–Trinajstić information content (AvgIpc) is 2.27. The van der Waals surface area contributed by atoms with E-state index in [0.29, 0.717) is 5.56 Å². The van der Waals surface area contributed by atoms with Crippen LogP contribution in [0.2, 0.25) is 0 Å². The summed E-state index contributed by atoms with van der Waals surface area (Å²) in [5.74, 6) is -0.482. The van der Waals surface area contributed by atoms with Gasteiger partial charge in [0.05, 0.1) is 10.5 Å². The lowest BCUT2D eigenvalue weighted by molar-refractivity contribution is -0.386. The number of ether oxygens (including phenoxy) is 1. The Kier molecular flexibility index (Phi) is 4.17. The lowest BCUT2D eigenvalue weighted by Crippen LogP contribution is -2.08. The normalized spacial score (nSPS) is 11.9. The van der Waals surface area contributed by atoms with Crippen LogP contribution in [0.5, 0.6) is 0 Å². The minimum atomic E-state index is -0.667. The first-order valence-corrected chi connectivity index (χ1v) is 5.10. The van der Waals surface area contributed by atoms with Crippen LogP contribution in [0, 0.1) is 10.1 Å². The van der Waals surface area contributed by atoms with Crippen LogP contribution >= 0.6 is 0 Å². The molecule has 0 bridgehead atoms. The minimum Gasteiger partial charge on any atom is -0.458 e. The Labute approximate surface area is 98.5 Å². The third-order valence-electron chi connectivity index (χ3n) is 2.31. The molecule has 0 saturated carbocycles. The zero-order chi connectivity index (χ0) is 13.0. The van der Waals surface area contributed by atoms with Gasteiger partial charge in [0, 0.05) is 19.5 Å². The van der Waals surface area contributed by atoms with Crippen LogP contribution in [0.3, 0.4) is 0 Å². The van der Waals surface area contributed by atoms with E-state index >= 15 is 0 Å². The molecule has 0 aliphatic heterocycles. The van der Waals surface area contributed by atoms with Crippen molar-refractivity contribution in [3.05, 3.63) is 39.4 Å². The molecule has 0 aliphatic rings. The van der Waals surface area contributed by atoms with Crippen molar-refractivity contribution in [1.29, 1.82) is 0 Å². The second-order valence-corrected chi connectivity index (χ2v) is 3.61. The van der Waals surface area contributed by atoms with E-state index in [1.807, 2.05) is 0 Å². The predicted molar refractivity (Wildman–Crippen MR) is 61.2 cm³/mol. The number of hydrogen-bond acceptors (Lipinski definition) is 5. The van der Waals surface area contributed by atoms with Crippen LogP contribution in [0.4, 0.5) is 5.69 Å². The highest BCUT2D eigenvalue weighted by molar-refractivity contribution is 5.66. The van der Waals surface area contributed by atoms with Gasteiger partial charge >= 0.3 is 5.97 Å². The van der Waals surface area contributed by atoms with Gasteiger partial charge in [-0.25, -0.2) is 0 Å². The molecule has 0 spiro atoms. The largest absolute Gasteiger partial charge is 0.458 e. The third-order valence-corrected chi connectivity index (χ3v) is 2.31. The standard InChI is InChI=1S/C11H14N2O4/c1-7(17-8(2)14)10-5-9(6-12)3-4-11(10)13(15)16/h3-5,7H,6,12H2,1-2H3. The molecule has 0 aromatic heterocycles. The number of nitrogens with two attached hydrogens (primary N) is 1.